The number of rotatable bonds is 2. The first kappa shape index (κ1) is 14.4. The van der Waals surface area contributed by atoms with Crippen LogP contribution in [0, 0.1) is 0 Å². The molecule has 3 rings (SSSR count). The van der Waals surface area contributed by atoms with Gasteiger partial charge in [-0.05, 0) is 36.1 Å². The van der Waals surface area contributed by atoms with Crippen LogP contribution in [0.2, 0.25) is 0 Å². The highest BCUT2D eigenvalue weighted by Gasteiger charge is 2.44. The third-order valence-electron chi connectivity index (χ3n) is 4.10. The molecule has 0 fully saturated rings. The topological polar surface area (TPSA) is 43.4 Å². The zero-order valence-corrected chi connectivity index (χ0v) is 12.1. The Morgan fingerprint density at radius 2 is 1.95 bits per heavy atom. The monoisotopic (exact) mass is 298 g/mol. The number of aryl methyl sites for hydroxylation is 1. The van der Waals surface area contributed by atoms with Crippen LogP contribution < -0.4 is 0 Å². The summed E-state index contributed by atoms with van der Waals surface area (Å²) in [6.07, 6.45) is 0.564. The SMILES string of the molecule is COC(=O)c1cccc(C2(F)CCc3ccccc3C2=O)c1. The van der Waals surface area contributed by atoms with E-state index >= 15 is 4.39 Å². The first-order valence-corrected chi connectivity index (χ1v) is 7.07. The lowest BCUT2D eigenvalue weighted by Gasteiger charge is -2.30. The van der Waals surface area contributed by atoms with Crippen LogP contribution >= 0.6 is 0 Å². The van der Waals surface area contributed by atoms with Crippen molar-refractivity contribution >= 4 is 11.8 Å². The predicted molar refractivity (Wildman–Crippen MR) is 79.7 cm³/mol. The van der Waals surface area contributed by atoms with E-state index < -0.39 is 17.4 Å². The van der Waals surface area contributed by atoms with Crippen LogP contribution in [-0.4, -0.2) is 18.9 Å². The van der Waals surface area contributed by atoms with Crippen LogP contribution in [0.3, 0.4) is 0 Å². The minimum absolute atomic E-state index is 0.0769. The summed E-state index contributed by atoms with van der Waals surface area (Å²) in [5, 5.41) is 0. The number of hydrogen-bond donors (Lipinski definition) is 0. The number of esters is 1. The van der Waals surface area contributed by atoms with Gasteiger partial charge in [-0.3, -0.25) is 4.79 Å². The number of alkyl halides is 1. The standard InChI is InChI=1S/C18H15FO3/c1-22-17(21)13-6-4-7-14(11-13)18(19)10-9-12-5-2-3-8-15(12)16(18)20/h2-8,11H,9-10H2,1H3. The van der Waals surface area contributed by atoms with Crippen molar-refractivity contribution in [3.05, 3.63) is 70.8 Å². The normalized spacial score (nSPS) is 20.4. The molecule has 1 aliphatic rings. The molecular formula is C18H15FO3. The second-order valence-electron chi connectivity index (χ2n) is 5.36. The number of Topliss-reactive ketones (excluding diaryl/α,β-unsaturated/α-hetero) is 1. The Balaban J connectivity index is 2.05. The maximum Gasteiger partial charge on any atom is 0.337 e. The van der Waals surface area contributed by atoms with E-state index in [1.165, 1.54) is 19.2 Å². The molecule has 1 unspecified atom stereocenters. The molecule has 0 saturated carbocycles. The molecule has 0 bridgehead atoms. The highest BCUT2D eigenvalue weighted by atomic mass is 19.1. The van der Waals surface area contributed by atoms with E-state index in [0.717, 1.165) is 5.56 Å². The lowest BCUT2D eigenvalue weighted by atomic mass is 9.76. The summed E-state index contributed by atoms with van der Waals surface area (Å²) in [6.45, 7) is 0. The molecule has 4 heteroatoms. The molecule has 0 spiro atoms. The van der Waals surface area contributed by atoms with Gasteiger partial charge in [-0.25, -0.2) is 9.18 Å². The maximum absolute atomic E-state index is 15.4. The van der Waals surface area contributed by atoms with Gasteiger partial charge in [0.2, 0.25) is 5.78 Å². The summed E-state index contributed by atoms with van der Waals surface area (Å²) in [4.78, 5) is 24.2. The van der Waals surface area contributed by atoms with Gasteiger partial charge in [0.15, 0.2) is 5.67 Å². The fourth-order valence-electron chi connectivity index (χ4n) is 2.88. The Morgan fingerprint density at radius 1 is 1.18 bits per heavy atom. The first-order chi connectivity index (χ1) is 10.6. The summed E-state index contributed by atoms with van der Waals surface area (Å²) in [5.41, 5.74) is -0.374. The molecular weight excluding hydrogens is 283 g/mol. The summed E-state index contributed by atoms with van der Waals surface area (Å²) >= 11 is 0. The summed E-state index contributed by atoms with van der Waals surface area (Å²) in [6, 6.07) is 13.1. The van der Waals surface area contributed by atoms with Crippen molar-refractivity contribution in [2.24, 2.45) is 0 Å². The molecule has 112 valence electrons. The van der Waals surface area contributed by atoms with Gasteiger partial charge < -0.3 is 4.74 Å². The molecule has 2 aromatic rings. The van der Waals surface area contributed by atoms with Gasteiger partial charge >= 0.3 is 5.97 Å². The first-order valence-electron chi connectivity index (χ1n) is 7.07. The molecule has 0 radical (unpaired) electrons. The molecule has 0 saturated heterocycles. The zero-order valence-electron chi connectivity index (χ0n) is 12.1. The molecule has 2 aromatic carbocycles. The number of carbonyl (C=O) groups excluding carboxylic acids is 2. The van der Waals surface area contributed by atoms with Crippen LogP contribution in [0.15, 0.2) is 48.5 Å². The van der Waals surface area contributed by atoms with Crippen molar-refractivity contribution < 1.29 is 18.7 Å². The predicted octanol–water partition coefficient (Wildman–Crippen LogP) is 3.47. The largest absolute Gasteiger partial charge is 0.465 e. The minimum atomic E-state index is -2.10. The molecule has 1 aliphatic carbocycles. The number of fused-ring (bicyclic) bond motifs is 1. The summed E-state index contributed by atoms with van der Waals surface area (Å²) < 4.78 is 20.1. The van der Waals surface area contributed by atoms with E-state index in [4.69, 9.17) is 0 Å². The van der Waals surface area contributed by atoms with Crippen molar-refractivity contribution in [1.82, 2.24) is 0 Å². The van der Waals surface area contributed by atoms with E-state index in [1.807, 2.05) is 12.1 Å². The number of carbonyl (C=O) groups is 2. The van der Waals surface area contributed by atoms with Crippen molar-refractivity contribution in [1.29, 1.82) is 0 Å². The average Bonchev–Trinajstić information content (AvgIpc) is 2.58. The smallest absolute Gasteiger partial charge is 0.337 e. The Hall–Kier alpha value is -2.49. The van der Waals surface area contributed by atoms with E-state index in [1.54, 1.807) is 24.3 Å². The molecule has 0 heterocycles. The van der Waals surface area contributed by atoms with Crippen molar-refractivity contribution in [2.45, 2.75) is 18.5 Å². The number of methoxy groups -OCH3 is 1. The van der Waals surface area contributed by atoms with Gasteiger partial charge in [-0.2, -0.15) is 0 Å². The molecule has 0 amide bonds. The van der Waals surface area contributed by atoms with Crippen LogP contribution in [0.4, 0.5) is 4.39 Å². The second kappa shape index (κ2) is 5.37. The Morgan fingerprint density at radius 3 is 2.73 bits per heavy atom. The molecule has 22 heavy (non-hydrogen) atoms. The lowest BCUT2D eigenvalue weighted by Crippen LogP contribution is -2.36. The van der Waals surface area contributed by atoms with Gasteiger partial charge in [0, 0.05) is 5.56 Å². The molecule has 1 atom stereocenters. The van der Waals surface area contributed by atoms with Crippen molar-refractivity contribution in [3.63, 3.8) is 0 Å². The third kappa shape index (κ3) is 2.21. The molecule has 0 N–H and O–H groups in total. The van der Waals surface area contributed by atoms with Crippen molar-refractivity contribution in [2.75, 3.05) is 7.11 Å². The van der Waals surface area contributed by atoms with Crippen LogP contribution in [0.5, 0.6) is 0 Å². The molecule has 0 aliphatic heterocycles. The number of ether oxygens (including phenoxy) is 1. The van der Waals surface area contributed by atoms with Crippen LogP contribution in [-0.2, 0) is 16.8 Å². The van der Waals surface area contributed by atoms with Gasteiger partial charge in [0.05, 0.1) is 12.7 Å². The fraction of sp³-hybridized carbons (Fsp3) is 0.222. The van der Waals surface area contributed by atoms with Gasteiger partial charge in [0.25, 0.3) is 0 Å². The number of ketones is 1. The van der Waals surface area contributed by atoms with Gasteiger partial charge in [-0.1, -0.05) is 36.4 Å². The minimum Gasteiger partial charge on any atom is -0.465 e. The number of hydrogen-bond acceptors (Lipinski definition) is 3. The maximum atomic E-state index is 15.4. The van der Waals surface area contributed by atoms with Gasteiger partial charge in [-0.15, -0.1) is 0 Å². The fourth-order valence-corrected chi connectivity index (χ4v) is 2.88. The second-order valence-corrected chi connectivity index (χ2v) is 5.36. The van der Waals surface area contributed by atoms with Crippen LogP contribution in [0.25, 0.3) is 0 Å². The van der Waals surface area contributed by atoms with E-state index in [9.17, 15) is 9.59 Å². The van der Waals surface area contributed by atoms with Gasteiger partial charge in [0.1, 0.15) is 0 Å². The number of halogens is 1. The highest BCUT2D eigenvalue weighted by molar-refractivity contribution is 6.05. The van der Waals surface area contributed by atoms with E-state index in [0.29, 0.717) is 12.0 Å². The summed E-state index contributed by atoms with van der Waals surface area (Å²) in [5.74, 6) is -1.09. The lowest BCUT2D eigenvalue weighted by molar-refractivity contribution is 0.0591. The summed E-state index contributed by atoms with van der Waals surface area (Å²) in [7, 11) is 1.27. The Bertz CT molecular complexity index is 754. The average molecular weight is 298 g/mol. The molecule has 0 aromatic heterocycles. The highest BCUT2D eigenvalue weighted by Crippen LogP contribution is 2.40. The quantitative estimate of drug-likeness (QED) is 0.797. The Labute approximate surface area is 127 Å². The van der Waals surface area contributed by atoms with E-state index in [2.05, 4.69) is 4.74 Å². The zero-order chi connectivity index (χ0) is 15.7. The van der Waals surface area contributed by atoms with Crippen LogP contribution in [0.1, 0.15) is 38.3 Å². The van der Waals surface area contributed by atoms with Crippen molar-refractivity contribution in [3.8, 4) is 0 Å². The number of benzene rings is 2. The molecule has 3 nitrogen and oxygen atoms in total. The Kier molecular flexibility index (Phi) is 3.53. The van der Waals surface area contributed by atoms with E-state index in [-0.39, 0.29) is 17.5 Å². The third-order valence-corrected chi connectivity index (χ3v) is 4.10.